The lowest BCUT2D eigenvalue weighted by atomic mass is 10.0. The Balaban J connectivity index is 1.08. The fraction of sp³-hybridized carbons (Fsp3) is 0.102. The van der Waals surface area contributed by atoms with E-state index in [9.17, 15) is 9.59 Å². The summed E-state index contributed by atoms with van der Waals surface area (Å²) in [5.41, 5.74) is 8.75. The highest BCUT2D eigenvalue weighted by Crippen LogP contribution is 2.37. The zero-order chi connectivity index (χ0) is 38.8. The molecule has 57 heavy (non-hydrogen) atoms. The largest absolute Gasteiger partial charge is 0.422 e. The van der Waals surface area contributed by atoms with Crippen molar-refractivity contribution in [1.82, 2.24) is 14.5 Å². The predicted octanol–water partition coefficient (Wildman–Crippen LogP) is 11.1. The minimum Gasteiger partial charge on any atom is -0.422 e. The summed E-state index contributed by atoms with van der Waals surface area (Å²) in [4.78, 5) is 38.7. The highest BCUT2D eigenvalue weighted by Gasteiger charge is 2.19. The van der Waals surface area contributed by atoms with Crippen LogP contribution in [0.1, 0.15) is 19.4 Å². The first-order valence-corrected chi connectivity index (χ1v) is 19.1. The fourth-order valence-corrected chi connectivity index (χ4v) is 8.25. The first-order chi connectivity index (χ1) is 27.9. The van der Waals surface area contributed by atoms with E-state index in [1.165, 1.54) is 0 Å². The monoisotopic (exact) mass is 744 g/mol. The van der Waals surface area contributed by atoms with Crippen LogP contribution in [0, 0.1) is 6.92 Å². The van der Waals surface area contributed by atoms with Crippen LogP contribution in [0.2, 0.25) is 0 Å². The van der Waals surface area contributed by atoms with Gasteiger partial charge in [-0.2, -0.15) is 0 Å². The molecule has 0 fully saturated rings. The van der Waals surface area contributed by atoms with Gasteiger partial charge in [0.2, 0.25) is 0 Å². The van der Waals surface area contributed by atoms with Crippen molar-refractivity contribution in [2.45, 2.75) is 20.8 Å². The van der Waals surface area contributed by atoms with E-state index in [1.807, 2.05) is 79.7 Å². The molecule has 0 saturated heterocycles. The predicted molar refractivity (Wildman–Crippen MR) is 231 cm³/mol. The molecule has 0 N–H and O–H groups in total. The van der Waals surface area contributed by atoms with Crippen molar-refractivity contribution in [3.63, 3.8) is 0 Å². The molecule has 0 unspecified atom stereocenters. The summed E-state index contributed by atoms with van der Waals surface area (Å²) >= 11 is 0. The third-order valence-corrected chi connectivity index (χ3v) is 11.2. The average molecular weight is 745 g/mol. The maximum atomic E-state index is 13.5. The van der Waals surface area contributed by atoms with Crippen LogP contribution in [0.5, 0.6) is 0 Å². The summed E-state index contributed by atoms with van der Waals surface area (Å²) in [5, 5.41) is 5.79. The van der Waals surface area contributed by atoms with Crippen molar-refractivity contribution in [2.24, 2.45) is 0 Å². The number of hydrogen-bond acceptors (Lipinski definition) is 7. The lowest BCUT2D eigenvalue weighted by Crippen LogP contribution is -2.21. The molecule has 8 nitrogen and oxygen atoms in total. The number of rotatable bonds is 7. The van der Waals surface area contributed by atoms with E-state index in [4.69, 9.17) is 18.8 Å². The van der Waals surface area contributed by atoms with Crippen molar-refractivity contribution < 1.29 is 8.83 Å². The van der Waals surface area contributed by atoms with Crippen LogP contribution in [-0.4, -0.2) is 27.6 Å². The van der Waals surface area contributed by atoms with Crippen molar-refractivity contribution in [2.75, 3.05) is 18.0 Å². The Morgan fingerprint density at radius 1 is 0.579 bits per heavy atom. The van der Waals surface area contributed by atoms with Crippen molar-refractivity contribution in [1.29, 1.82) is 0 Å². The summed E-state index contributed by atoms with van der Waals surface area (Å²) in [5.74, 6) is 0. The van der Waals surface area contributed by atoms with Crippen LogP contribution in [0.3, 0.4) is 0 Å². The van der Waals surface area contributed by atoms with E-state index < -0.39 is 5.63 Å². The lowest BCUT2D eigenvalue weighted by molar-refractivity contribution is 0.562. The lowest BCUT2D eigenvalue weighted by Gasteiger charge is -2.21. The minimum absolute atomic E-state index is 0.389. The molecule has 8 heteroatoms. The smallest absolute Gasteiger partial charge is 0.346 e. The molecule has 0 atom stereocenters. The third-order valence-electron chi connectivity index (χ3n) is 11.2. The zero-order valence-electron chi connectivity index (χ0n) is 31.6. The Labute approximate surface area is 326 Å². The van der Waals surface area contributed by atoms with Crippen LogP contribution in [0.15, 0.2) is 158 Å². The molecule has 4 aromatic heterocycles. The summed E-state index contributed by atoms with van der Waals surface area (Å²) in [7, 11) is 0. The maximum absolute atomic E-state index is 13.5. The number of benzene rings is 6. The molecule has 4 heterocycles. The normalized spacial score (nSPS) is 11.7. The first-order valence-electron chi connectivity index (χ1n) is 19.1. The van der Waals surface area contributed by atoms with E-state index in [-0.39, 0.29) is 5.63 Å². The molecule has 6 aromatic carbocycles. The standard InChI is InChI=1S/C49H36N4O4/c1-4-52(5-2)36-17-18-37-29(3)47(49(55)57-46(37)26-36)42-28-50-41(27-51-42)33-16-20-44-40(23-33)39-22-32(15-19-43(39)53(44)35-13-7-6-8-14-35)38-24-34-21-30-11-9-10-12-31(30)25-45(34)56-48(38)54/h6-28H,4-5H2,1-3H3. The van der Waals surface area contributed by atoms with Crippen LogP contribution in [0.4, 0.5) is 5.69 Å². The van der Waals surface area contributed by atoms with Gasteiger partial charge in [-0.15, -0.1) is 0 Å². The van der Waals surface area contributed by atoms with Crippen molar-refractivity contribution in [3.05, 3.63) is 166 Å². The summed E-state index contributed by atoms with van der Waals surface area (Å²) in [6, 6.07) is 42.6. The summed E-state index contributed by atoms with van der Waals surface area (Å²) < 4.78 is 14.0. The third kappa shape index (κ3) is 5.68. The first kappa shape index (κ1) is 34.2. The minimum atomic E-state index is -0.446. The number of anilines is 1. The van der Waals surface area contributed by atoms with Gasteiger partial charge in [-0.3, -0.25) is 9.97 Å². The second kappa shape index (κ2) is 13.5. The number of para-hydroxylation sites is 1. The molecule has 0 spiro atoms. The second-order valence-corrected chi connectivity index (χ2v) is 14.3. The molecule has 0 aliphatic carbocycles. The van der Waals surface area contributed by atoms with Gasteiger partial charge in [0.05, 0.1) is 45.9 Å². The molecule has 0 saturated carbocycles. The Bertz CT molecular complexity index is 3320. The van der Waals surface area contributed by atoms with Gasteiger partial charge in [-0.1, -0.05) is 54.6 Å². The molecular weight excluding hydrogens is 709 g/mol. The van der Waals surface area contributed by atoms with Gasteiger partial charge in [0, 0.05) is 57.6 Å². The molecule has 0 aliphatic heterocycles. The Kier molecular flexibility index (Phi) is 8.07. The van der Waals surface area contributed by atoms with Gasteiger partial charge in [-0.05, 0) is 109 Å². The number of hydrogen-bond donors (Lipinski definition) is 0. The SMILES string of the molecule is CCN(CC)c1ccc2c(C)c(-c3cnc(-c4ccc5c(c4)c4cc(-c6cc7cc8ccccc8cc7oc6=O)ccc4n5-c4ccccc4)cn3)c(=O)oc2c1. The Morgan fingerprint density at radius 3 is 1.95 bits per heavy atom. The number of nitrogens with zero attached hydrogens (tertiary/aromatic N) is 4. The molecule has 0 bridgehead atoms. The number of aromatic nitrogens is 3. The van der Waals surface area contributed by atoms with Crippen LogP contribution < -0.4 is 16.2 Å². The molecule has 0 aliphatic rings. The molecular formula is C49H36N4O4. The van der Waals surface area contributed by atoms with E-state index >= 15 is 0 Å². The molecule has 0 radical (unpaired) electrons. The van der Waals surface area contributed by atoms with Crippen LogP contribution >= 0.6 is 0 Å². The van der Waals surface area contributed by atoms with Gasteiger partial charge in [0.15, 0.2) is 0 Å². The van der Waals surface area contributed by atoms with Crippen LogP contribution in [-0.2, 0) is 0 Å². The average Bonchev–Trinajstić information content (AvgIpc) is 3.56. The van der Waals surface area contributed by atoms with E-state index in [0.717, 1.165) is 84.5 Å². The molecule has 0 amide bonds. The van der Waals surface area contributed by atoms with Gasteiger partial charge in [0.25, 0.3) is 0 Å². The number of aryl methyl sites for hydroxylation is 1. The quantitative estimate of drug-likeness (QED) is 0.118. The van der Waals surface area contributed by atoms with E-state index in [0.29, 0.717) is 33.7 Å². The Morgan fingerprint density at radius 2 is 1.23 bits per heavy atom. The van der Waals surface area contributed by atoms with E-state index in [1.54, 1.807) is 12.4 Å². The van der Waals surface area contributed by atoms with Gasteiger partial charge in [-0.25, -0.2) is 9.59 Å². The Hall–Kier alpha value is -7.32. The van der Waals surface area contributed by atoms with E-state index in [2.05, 4.69) is 77.9 Å². The molecule has 276 valence electrons. The van der Waals surface area contributed by atoms with Gasteiger partial charge < -0.3 is 18.3 Å². The highest BCUT2D eigenvalue weighted by atomic mass is 16.4. The maximum Gasteiger partial charge on any atom is 0.346 e. The topological polar surface area (TPSA) is 94.4 Å². The number of fused-ring (bicyclic) bond motifs is 6. The van der Waals surface area contributed by atoms with Crippen molar-refractivity contribution in [3.8, 4) is 39.3 Å². The van der Waals surface area contributed by atoms with Gasteiger partial charge >= 0.3 is 11.3 Å². The zero-order valence-corrected chi connectivity index (χ0v) is 31.6. The van der Waals surface area contributed by atoms with Crippen molar-refractivity contribution >= 4 is 60.2 Å². The molecule has 10 rings (SSSR count). The molecule has 10 aromatic rings. The fourth-order valence-electron chi connectivity index (χ4n) is 8.25. The summed E-state index contributed by atoms with van der Waals surface area (Å²) in [6.45, 7) is 7.85. The van der Waals surface area contributed by atoms with Crippen LogP contribution in [0.25, 0.3) is 93.8 Å². The van der Waals surface area contributed by atoms with Gasteiger partial charge in [0.1, 0.15) is 11.2 Å². The second-order valence-electron chi connectivity index (χ2n) is 14.3. The summed E-state index contributed by atoms with van der Waals surface area (Å²) in [6.07, 6.45) is 3.34. The highest BCUT2D eigenvalue weighted by molar-refractivity contribution is 6.11.